The molecule has 3 unspecified atom stereocenters. The van der Waals surface area contributed by atoms with E-state index >= 15 is 0 Å². The summed E-state index contributed by atoms with van der Waals surface area (Å²) in [5.41, 5.74) is 0. The van der Waals surface area contributed by atoms with Gasteiger partial charge in [0, 0.05) is 11.3 Å². The molecule has 0 aliphatic heterocycles. The zero-order valence-corrected chi connectivity index (χ0v) is 10.0. The smallest absolute Gasteiger partial charge is 0.0627 e. The Hall–Kier alpha value is 0.270. The van der Waals surface area contributed by atoms with Gasteiger partial charge in [0.15, 0.2) is 0 Å². The lowest BCUT2D eigenvalue weighted by atomic mass is 10.2. The highest BCUT2D eigenvalue weighted by Crippen LogP contribution is 2.16. The van der Waals surface area contributed by atoms with Crippen molar-refractivity contribution in [1.82, 2.24) is 5.32 Å². The second-order valence-corrected chi connectivity index (χ2v) is 5.13. The standard InChI is InChI=1S/C10H23NOS/c1-8(11-4)6-5-7-13-10(3)9(2)12/h8-12H,5-7H2,1-4H3. The van der Waals surface area contributed by atoms with E-state index in [-0.39, 0.29) is 6.10 Å². The molecule has 0 saturated heterocycles. The molecule has 0 bridgehead atoms. The van der Waals surface area contributed by atoms with Crippen molar-refractivity contribution in [2.45, 2.75) is 51.0 Å². The number of rotatable bonds is 7. The van der Waals surface area contributed by atoms with Crippen LogP contribution in [0.3, 0.4) is 0 Å². The quantitative estimate of drug-likeness (QED) is 0.622. The van der Waals surface area contributed by atoms with E-state index in [1.165, 1.54) is 12.8 Å². The summed E-state index contributed by atoms with van der Waals surface area (Å²) in [6, 6.07) is 0.613. The highest BCUT2D eigenvalue weighted by atomic mass is 32.2. The number of nitrogens with one attached hydrogen (secondary N) is 1. The lowest BCUT2D eigenvalue weighted by molar-refractivity contribution is 0.196. The van der Waals surface area contributed by atoms with Gasteiger partial charge in [-0.1, -0.05) is 6.92 Å². The highest BCUT2D eigenvalue weighted by molar-refractivity contribution is 7.99. The zero-order valence-electron chi connectivity index (χ0n) is 9.21. The molecular weight excluding hydrogens is 182 g/mol. The van der Waals surface area contributed by atoms with Gasteiger partial charge in [0.1, 0.15) is 0 Å². The summed E-state index contributed by atoms with van der Waals surface area (Å²) < 4.78 is 0. The molecule has 0 aromatic carbocycles. The van der Waals surface area contributed by atoms with Crippen LogP contribution in [0.25, 0.3) is 0 Å². The predicted octanol–water partition coefficient (Wildman–Crippen LogP) is 1.88. The first-order valence-electron chi connectivity index (χ1n) is 5.04. The molecule has 0 radical (unpaired) electrons. The van der Waals surface area contributed by atoms with Crippen LogP contribution < -0.4 is 5.32 Å². The molecule has 0 aliphatic carbocycles. The van der Waals surface area contributed by atoms with Gasteiger partial charge in [-0.15, -0.1) is 0 Å². The first-order valence-corrected chi connectivity index (χ1v) is 6.09. The maximum atomic E-state index is 9.24. The fourth-order valence-electron chi connectivity index (χ4n) is 0.942. The van der Waals surface area contributed by atoms with Crippen LogP contribution in [0.1, 0.15) is 33.6 Å². The van der Waals surface area contributed by atoms with E-state index < -0.39 is 0 Å². The molecular formula is C10H23NOS. The molecule has 2 nitrogen and oxygen atoms in total. The van der Waals surface area contributed by atoms with Gasteiger partial charge in [-0.3, -0.25) is 0 Å². The van der Waals surface area contributed by atoms with Crippen LogP contribution in [-0.2, 0) is 0 Å². The SMILES string of the molecule is CNC(C)CCCSC(C)C(C)O. The van der Waals surface area contributed by atoms with E-state index in [4.69, 9.17) is 0 Å². The Bertz CT molecular complexity index is 119. The van der Waals surface area contributed by atoms with Crippen molar-refractivity contribution >= 4 is 11.8 Å². The average molecular weight is 205 g/mol. The molecule has 0 saturated carbocycles. The van der Waals surface area contributed by atoms with Crippen LogP contribution in [-0.4, -0.2) is 35.3 Å². The van der Waals surface area contributed by atoms with Gasteiger partial charge in [0.05, 0.1) is 6.10 Å². The topological polar surface area (TPSA) is 32.3 Å². The van der Waals surface area contributed by atoms with E-state index in [0.29, 0.717) is 11.3 Å². The van der Waals surface area contributed by atoms with Gasteiger partial charge in [-0.05, 0) is 39.5 Å². The van der Waals surface area contributed by atoms with Gasteiger partial charge in [-0.2, -0.15) is 11.8 Å². The van der Waals surface area contributed by atoms with Crippen LogP contribution in [0.4, 0.5) is 0 Å². The van der Waals surface area contributed by atoms with Crippen molar-refractivity contribution in [2.75, 3.05) is 12.8 Å². The summed E-state index contributed by atoms with van der Waals surface area (Å²) in [5, 5.41) is 12.8. The van der Waals surface area contributed by atoms with Gasteiger partial charge >= 0.3 is 0 Å². The predicted molar refractivity (Wildman–Crippen MR) is 61.4 cm³/mol. The van der Waals surface area contributed by atoms with Crippen LogP contribution in [0.2, 0.25) is 0 Å². The second-order valence-electron chi connectivity index (χ2n) is 3.65. The molecule has 2 N–H and O–H groups in total. The number of hydrogen-bond acceptors (Lipinski definition) is 3. The van der Waals surface area contributed by atoms with Crippen LogP contribution >= 0.6 is 11.8 Å². The minimum Gasteiger partial charge on any atom is -0.392 e. The number of aliphatic hydroxyl groups excluding tert-OH is 1. The Kier molecular flexibility index (Phi) is 7.81. The minimum absolute atomic E-state index is 0.188. The summed E-state index contributed by atoms with van der Waals surface area (Å²) in [5.74, 6) is 1.15. The molecule has 3 heteroatoms. The van der Waals surface area contributed by atoms with Gasteiger partial charge in [0.2, 0.25) is 0 Å². The third-order valence-corrected chi connectivity index (χ3v) is 3.78. The number of aliphatic hydroxyl groups is 1. The molecule has 80 valence electrons. The van der Waals surface area contributed by atoms with Gasteiger partial charge in [0.25, 0.3) is 0 Å². The fraction of sp³-hybridized carbons (Fsp3) is 1.00. The molecule has 0 fully saturated rings. The molecule has 0 aromatic heterocycles. The van der Waals surface area contributed by atoms with Gasteiger partial charge < -0.3 is 10.4 Å². The summed E-state index contributed by atoms with van der Waals surface area (Å²) in [6.07, 6.45) is 2.26. The van der Waals surface area contributed by atoms with Crippen molar-refractivity contribution in [3.8, 4) is 0 Å². The lowest BCUT2D eigenvalue weighted by Gasteiger charge is -2.14. The summed E-state index contributed by atoms with van der Waals surface area (Å²) in [4.78, 5) is 0. The zero-order chi connectivity index (χ0) is 10.3. The third kappa shape index (κ3) is 7.35. The Labute approximate surface area is 86.5 Å². The largest absolute Gasteiger partial charge is 0.392 e. The average Bonchev–Trinajstić information content (AvgIpc) is 2.11. The summed E-state index contributed by atoms with van der Waals surface area (Å²) in [7, 11) is 2.00. The summed E-state index contributed by atoms with van der Waals surface area (Å²) in [6.45, 7) is 6.13. The van der Waals surface area contributed by atoms with E-state index in [9.17, 15) is 5.11 Å². The molecule has 13 heavy (non-hydrogen) atoms. The van der Waals surface area contributed by atoms with Crippen LogP contribution in [0.5, 0.6) is 0 Å². The first-order chi connectivity index (χ1) is 6.07. The maximum Gasteiger partial charge on any atom is 0.0627 e. The van der Waals surface area contributed by atoms with Crippen molar-refractivity contribution in [3.63, 3.8) is 0 Å². The molecule has 0 spiro atoms. The lowest BCUT2D eigenvalue weighted by Crippen LogP contribution is -2.21. The normalized spacial score (nSPS) is 18.2. The molecule has 3 atom stereocenters. The summed E-state index contributed by atoms with van der Waals surface area (Å²) >= 11 is 1.86. The fourth-order valence-corrected chi connectivity index (χ4v) is 1.93. The van der Waals surface area contributed by atoms with E-state index in [1.807, 2.05) is 25.7 Å². The molecule has 0 aromatic rings. The van der Waals surface area contributed by atoms with E-state index in [1.54, 1.807) is 0 Å². The molecule has 0 amide bonds. The van der Waals surface area contributed by atoms with Crippen molar-refractivity contribution in [3.05, 3.63) is 0 Å². The first kappa shape index (κ1) is 13.3. The Balaban J connectivity index is 3.25. The Morgan fingerprint density at radius 3 is 2.38 bits per heavy atom. The van der Waals surface area contributed by atoms with Gasteiger partial charge in [-0.25, -0.2) is 0 Å². The van der Waals surface area contributed by atoms with Crippen LogP contribution in [0, 0.1) is 0 Å². The highest BCUT2D eigenvalue weighted by Gasteiger charge is 2.08. The van der Waals surface area contributed by atoms with Crippen molar-refractivity contribution in [2.24, 2.45) is 0 Å². The van der Waals surface area contributed by atoms with Crippen LogP contribution in [0.15, 0.2) is 0 Å². The van der Waals surface area contributed by atoms with Crippen molar-refractivity contribution in [1.29, 1.82) is 0 Å². The second kappa shape index (κ2) is 7.65. The van der Waals surface area contributed by atoms with E-state index in [0.717, 1.165) is 5.75 Å². The number of hydrogen-bond donors (Lipinski definition) is 2. The molecule has 0 heterocycles. The van der Waals surface area contributed by atoms with E-state index in [2.05, 4.69) is 19.2 Å². The third-order valence-electron chi connectivity index (χ3n) is 2.33. The minimum atomic E-state index is -0.188. The molecule has 0 rings (SSSR count). The van der Waals surface area contributed by atoms with Crippen molar-refractivity contribution < 1.29 is 5.11 Å². The maximum absolute atomic E-state index is 9.24. The Morgan fingerprint density at radius 1 is 1.31 bits per heavy atom. The monoisotopic (exact) mass is 205 g/mol. The Morgan fingerprint density at radius 2 is 1.92 bits per heavy atom. The number of thioether (sulfide) groups is 1. The molecule has 0 aliphatic rings.